The van der Waals surface area contributed by atoms with Crippen LogP contribution >= 0.6 is 0 Å². The summed E-state index contributed by atoms with van der Waals surface area (Å²) in [7, 11) is 0. The molecule has 1 heterocycles. The van der Waals surface area contributed by atoms with Crippen molar-refractivity contribution >= 4 is 11.9 Å². The van der Waals surface area contributed by atoms with E-state index in [2.05, 4.69) is 18.9 Å². The number of carboxylic acid groups (broad SMARTS) is 1. The number of aromatic nitrogens is 3. The fourth-order valence-corrected chi connectivity index (χ4v) is 4.73. The van der Waals surface area contributed by atoms with Gasteiger partial charge in [-0.05, 0) is 47.4 Å². The molecule has 7 nitrogen and oxygen atoms in total. The number of carboxylic acids is 1. The lowest BCUT2D eigenvalue weighted by molar-refractivity contribution is 0.0695. The Morgan fingerprint density at radius 3 is 2.52 bits per heavy atom. The van der Waals surface area contributed by atoms with Gasteiger partial charge < -0.3 is 5.11 Å². The summed E-state index contributed by atoms with van der Waals surface area (Å²) in [6.45, 7) is 4.65. The van der Waals surface area contributed by atoms with E-state index in [9.17, 15) is 19.5 Å². The second-order valence-corrected chi connectivity index (χ2v) is 9.21. The number of carbonyl (C=O) groups excluding carboxylic acids is 1. The van der Waals surface area contributed by atoms with Gasteiger partial charge in [0, 0.05) is 5.92 Å². The fraction of sp³-hybridized carbons (Fsp3) is 0.385. The van der Waals surface area contributed by atoms with Crippen molar-refractivity contribution in [3.8, 4) is 11.1 Å². The Kier molecular flexibility index (Phi) is 6.58. The summed E-state index contributed by atoms with van der Waals surface area (Å²) >= 11 is 0. The number of nitrogens with zero attached hydrogens (tertiary/aromatic N) is 3. The standard InChI is InChI=1S/C26H29N3O4/c1-17(2)20-6-5-7-21(14-20)24(30)29-26(33)28(16-27-29)15-18-10-12-19(13-11-18)22-8-3-4-9-23(22)25(31)32/h3-4,8-13,16-17,20-21H,5-7,14-15H2,1-2H3,(H,31,32). The molecule has 1 aliphatic rings. The third-order valence-electron chi connectivity index (χ3n) is 6.72. The van der Waals surface area contributed by atoms with E-state index in [1.165, 1.54) is 10.9 Å². The van der Waals surface area contributed by atoms with Crippen molar-refractivity contribution in [2.24, 2.45) is 17.8 Å². The number of carbonyl (C=O) groups is 2. The van der Waals surface area contributed by atoms with E-state index in [0.29, 0.717) is 17.4 Å². The van der Waals surface area contributed by atoms with Gasteiger partial charge in [0.25, 0.3) is 5.91 Å². The molecule has 7 heteroatoms. The first-order valence-corrected chi connectivity index (χ1v) is 11.5. The summed E-state index contributed by atoms with van der Waals surface area (Å²) in [5.41, 5.74) is 2.10. The highest BCUT2D eigenvalue weighted by atomic mass is 16.4. The Morgan fingerprint density at radius 1 is 1.09 bits per heavy atom. The largest absolute Gasteiger partial charge is 0.478 e. The summed E-state index contributed by atoms with van der Waals surface area (Å²) in [4.78, 5) is 37.3. The van der Waals surface area contributed by atoms with E-state index >= 15 is 0 Å². The van der Waals surface area contributed by atoms with Crippen molar-refractivity contribution in [2.75, 3.05) is 0 Å². The molecule has 1 aliphatic carbocycles. The molecule has 172 valence electrons. The highest BCUT2D eigenvalue weighted by molar-refractivity contribution is 5.96. The molecule has 0 bridgehead atoms. The molecule has 4 rings (SSSR count). The normalized spacial score (nSPS) is 18.4. The second-order valence-electron chi connectivity index (χ2n) is 9.21. The lowest BCUT2D eigenvalue weighted by Gasteiger charge is -2.30. The van der Waals surface area contributed by atoms with Gasteiger partial charge in [-0.3, -0.25) is 9.36 Å². The van der Waals surface area contributed by atoms with Crippen molar-refractivity contribution in [1.29, 1.82) is 0 Å². The molecule has 2 unspecified atom stereocenters. The van der Waals surface area contributed by atoms with Crippen LogP contribution in [0.1, 0.15) is 60.2 Å². The van der Waals surface area contributed by atoms with Gasteiger partial charge in [-0.15, -0.1) is 4.68 Å². The molecule has 1 aromatic heterocycles. The third kappa shape index (κ3) is 4.82. The first-order chi connectivity index (χ1) is 15.8. The SMILES string of the molecule is CC(C)C1CCCC(C(=O)n2ncn(Cc3ccc(-c4ccccc4C(=O)O)cc3)c2=O)C1. The van der Waals surface area contributed by atoms with Gasteiger partial charge in [0.05, 0.1) is 12.1 Å². The van der Waals surface area contributed by atoms with Crippen LogP contribution in [0.2, 0.25) is 0 Å². The Labute approximate surface area is 192 Å². The van der Waals surface area contributed by atoms with Crippen molar-refractivity contribution in [2.45, 2.75) is 46.1 Å². The lowest BCUT2D eigenvalue weighted by atomic mass is 9.76. The maximum absolute atomic E-state index is 13.0. The minimum Gasteiger partial charge on any atom is -0.478 e. The second kappa shape index (κ2) is 9.57. The molecule has 1 N–H and O–H groups in total. The van der Waals surface area contributed by atoms with E-state index in [4.69, 9.17) is 0 Å². The number of hydrogen-bond donors (Lipinski definition) is 1. The fourth-order valence-electron chi connectivity index (χ4n) is 4.73. The molecule has 1 fully saturated rings. The van der Waals surface area contributed by atoms with Gasteiger partial charge in [-0.1, -0.05) is 69.2 Å². The number of benzene rings is 2. The molecule has 0 amide bonds. The lowest BCUT2D eigenvalue weighted by Crippen LogP contribution is -2.36. The first kappa shape index (κ1) is 22.7. The van der Waals surface area contributed by atoms with E-state index in [1.807, 2.05) is 24.3 Å². The van der Waals surface area contributed by atoms with E-state index in [0.717, 1.165) is 41.5 Å². The quantitative estimate of drug-likeness (QED) is 0.598. The molecule has 0 radical (unpaired) electrons. The topological polar surface area (TPSA) is 94.2 Å². The van der Waals surface area contributed by atoms with Gasteiger partial charge in [-0.2, -0.15) is 5.10 Å². The summed E-state index contributed by atoms with van der Waals surface area (Å²) in [6, 6.07) is 14.2. The van der Waals surface area contributed by atoms with Crippen molar-refractivity contribution in [3.05, 3.63) is 76.5 Å². The van der Waals surface area contributed by atoms with E-state index < -0.39 is 11.7 Å². The summed E-state index contributed by atoms with van der Waals surface area (Å²) in [6.07, 6.45) is 5.18. The highest BCUT2D eigenvalue weighted by Gasteiger charge is 2.31. The van der Waals surface area contributed by atoms with Crippen molar-refractivity contribution < 1.29 is 14.7 Å². The molecule has 0 spiro atoms. The molecular weight excluding hydrogens is 418 g/mol. The van der Waals surface area contributed by atoms with Crippen LogP contribution in [0.5, 0.6) is 0 Å². The number of aromatic carboxylic acids is 1. The predicted octanol–water partition coefficient (Wildman–Crippen LogP) is 4.56. The predicted molar refractivity (Wildman–Crippen MR) is 125 cm³/mol. The van der Waals surface area contributed by atoms with Gasteiger partial charge in [0.15, 0.2) is 0 Å². The molecule has 1 saturated carbocycles. The Bertz CT molecular complexity index is 1210. The van der Waals surface area contributed by atoms with Crippen LogP contribution in [0, 0.1) is 17.8 Å². The molecule has 0 aliphatic heterocycles. The maximum atomic E-state index is 13.0. The van der Waals surface area contributed by atoms with Gasteiger partial charge in [0.1, 0.15) is 6.33 Å². The van der Waals surface area contributed by atoms with E-state index in [-0.39, 0.29) is 23.9 Å². The van der Waals surface area contributed by atoms with Crippen LogP contribution in [0.3, 0.4) is 0 Å². The monoisotopic (exact) mass is 447 g/mol. The minimum atomic E-state index is -0.976. The maximum Gasteiger partial charge on any atom is 0.353 e. The zero-order valence-electron chi connectivity index (χ0n) is 19.0. The van der Waals surface area contributed by atoms with Gasteiger partial charge in [-0.25, -0.2) is 9.59 Å². The van der Waals surface area contributed by atoms with E-state index in [1.54, 1.807) is 24.3 Å². The average molecular weight is 448 g/mol. The van der Waals surface area contributed by atoms with Crippen LogP contribution in [-0.4, -0.2) is 31.3 Å². The number of rotatable bonds is 6. The van der Waals surface area contributed by atoms with Crippen LogP contribution in [0.25, 0.3) is 11.1 Å². The van der Waals surface area contributed by atoms with Crippen LogP contribution in [0.15, 0.2) is 59.7 Å². The average Bonchev–Trinajstić information content (AvgIpc) is 3.19. The minimum absolute atomic E-state index is 0.152. The third-order valence-corrected chi connectivity index (χ3v) is 6.72. The van der Waals surface area contributed by atoms with Gasteiger partial charge >= 0.3 is 11.7 Å². The van der Waals surface area contributed by atoms with Crippen LogP contribution in [0.4, 0.5) is 0 Å². The smallest absolute Gasteiger partial charge is 0.353 e. The molecule has 2 aromatic carbocycles. The van der Waals surface area contributed by atoms with Crippen LogP contribution in [-0.2, 0) is 6.54 Å². The molecular formula is C26H29N3O4. The van der Waals surface area contributed by atoms with Crippen molar-refractivity contribution in [3.63, 3.8) is 0 Å². The molecule has 3 aromatic rings. The zero-order valence-corrected chi connectivity index (χ0v) is 19.0. The van der Waals surface area contributed by atoms with Crippen LogP contribution < -0.4 is 5.69 Å². The molecule has 33 heavy (non-hydrogen) atoms. The van der Waals surface area contributed by atoms with Crippen molar-refractivity contribution in [1.82, 2.24) is 14.3 Å². The first-order valence-electron chi connectivity index (χ1n) is 11.5. The molecule has 0 saturated heterocycles. The Morgan fingerprint density at radius 2 is 1.82 bits per heavy atom. The zero-order chi connectivity index (χ0) is 23.5. The molecule has 2 atom stereocenters. The van der Waals surface area contributed by atoms with Gasteiger partial charge in [0.2, 0.25) is 0 Å². The Hall–Kier alpha value is -3.48. The number of hydrogen-bond acceptors (Lipinski definition) is 4. The Balaban J connectivity index is 1.49. The summed E-state index contributed by atoms with van der Waals surface area (Å²) in [5.74, 6) is -0.294. The highest BCUT2D eigenvalue weighted by Crippen LogP contribution is 2.34. The summed E-state index contributed by atoms with van der Waals surface area (Å²) in [5, 5.41) is 13.5. The summed E-state index contributed by atoms with van der Waals surface area (Å²) < 4.78 is 2.45.